The summed E-state index contributed by atoms with van der Waals surface area (Å²) < 4.78 is 0. The van der Waals surface area contributed by atoms with Gasteiger partial charge in [0.2, 0.25) is 0 Å². The van der Waals surface area contributed by atoms with Crippen LogP contribution in [0.4, 0.5) is 0 Å². The Morgan fingerprint density at radius 3 is 2.69 bits per heavy atom. The standard InChI is InChI=1S/C13H27N3/c1-3-15-8-4-5-13(7-9-15)16-10-6-12(11-16)14-2/h12-14H,3-11H2,1-2H3. The summed E-state index contributed by atoms with van der Waals surface area (Å²) in [5.74, 6) is 0. The highest BCUT2D eigenvalue weighted by molar-refractivity contribution is 4.86. The third-order valence-electron chi connectivity index (χ3n) is 4.38. The Balaban J connectivity index is 1.81. The van der Waals surface area contributed by atoms with Gasteiger partial charge in [0.25, 0.3) is 0 Å². The van der Waals surface area contributed by atoms with Crippen molar-refractivity contribution < 1.29 is 0 Å². The van der Waals surface area contributed by atoms with E-state index in [1.807, 2.05) is 0 Å². The molecule has 0 aromatic carbocycles. The van der Waals surface area contributed by atoms with E-state index in [0.29, 0.717) is 0 Å². The highest BCUT2D eigenvalue weighted by atomic mass is 15.2. The minimum absolute atomic E-state index is 0.741. The second-order valence-corrected chi connectivity index (χ2v) is 5.29. The maximum atomic E-state index is 3.42. The number of likely N-dealkylation sites (tertiary alicyclic amines) is 2. The Bertz CT molecular complexity index is 207. The van der Waals surface area contributed by atoms with Gasteiger partial charge in [0, 0.05) is 25.2 Å². The van der Waals surface area contributed by atoms with Gasteiger partial charge in [-0.15, -0.1) is 0 Å². The summed E-state index contributed by atoms with van der Waals surface area (Å²) in [5, 5.41) is 3.42. The first kappa shape index (κ1) is 12.3. The molecule has 3 nitrogen and oxygen atoms in total. The molecule has 2 fully saturated rings. The lowest BCUT2D eigenvalue weighted by atomic mass is 10.1. The van der Waals surface area contributed by atoms with E-state index < -0.39 is 0 Å². The van der Waals surface area contributed by atoms with Crippen molar-refractivity contribution in [2.75, 3.05) is 39.8 Å². The smallest absolute Gasteiger partial charge is 0.0204 e. The first-order valence-corrected chi connectivity index (χ1v) is 6.97. The Kier molecular flexibility index (Phi) is 4.62. The van der Waals surface area contributed by atoms with Crippen LogP contribution >= 0.6 is 0 Å². The molecule has 0 amide bonds. The molecule has 2 atom stereocenters. The third kappa shape index (κ3) is 2.96. The molecule has 2 aliphatic heterocycles. The number of rotatable bonds is 3. The van der Waals surface area contributed by atoms with Crippen LogP contribution in [0.25, 0.3) is 0 Å². The van der Waals surface area contributed by atoms with Crippen LogP contribution in [0.3, 0.4) is 0 Å². The Morgan fingerprint density at radius 2 is 2.00 bits per heavy atom. The molecule has 2 saturated heterocycles. The molecule has 2 rings (SSSR count). The maximum Gasteiger partial charge on any atom is 0.0204 e. The lowest BCUT2D eigenvalue weighted by Crippen LogP contribution is -2.37. The average Bonchev–Trinajstić information content (AvgIpc) is 2.67. The first-order chi connectivity index (χ1) is 7.83. The molecule has 2 unspecified atom stereocenters. The van der Waals surface area contributed by atoms with Crippen LogP contribution in [0.5, 0.6) is 0 Å². The van der Waals surface area contributed by atoms with Crippen LogP contribution in [0.15, 0.2) is 0 Å². The lowest BCUT2D eigenvalue weighted by Gasteiger charge is -2.26. The van der Waals surface area contributed by atoms with Crippen molar-refractivity contribution in [2.24, 2.45) is 0 Å². The highest BCUT2D eigenvalue weighted by Gasteiger charge is 2.28. The normalized spacial score (nSPS) is 34.1. The van der Waals surface area contributed by atoms with E-state index in [4.69, 9.17) is 0 Å². The molecule has 0 aliphatic carbocycles. The zero-order valence-electron chi connectivity index (χ0n) is 10.9. The fourth-order valence-electron chi connectivity index (χ4n) is 3.17. The SMILES string of the molecule is CCN1CCCC(N2CCC(NC)C2)CC1. The van der Waals surface area contributed by atoms with Gasteiger partial charge in [0.05, 0.1) is 0 Å². The number of hydrogen-bond donors (Lipinski definition) is 1. The average molecular weight is 225 g/mol. The second kappa shape index (κ2) is 5.99. The minimum atomic E-state index is 0.741. The molecular formula is C13H27N3. The molecule has 0 bridgehead atoms. The van der Waals surface area contributed by atoms with E-state index >= 15 is 0 Å². The Hall–Kier alpha value is -0.120. The van der Waals surface area contributed by atoms with Gasteiger partial charge in [0.15, 0.2) is 0 Å². The van der Waals surface area contributed by atoms with Crippen molar-refractivity contribution in [3.63, 3.8) is 0 Å². The van der Waals surface area contributed by atoms with Gasteiger partial charge in [-0.05, 0) is 52.4 Å². The summed E-state index contributed by atoms with van der Waals surface area (Å²) in [7, 11) is 2.10. The summed E-state index contributed by atoms with van der Waals surface area (Å²) in [6, 6.07) is 1.60. The summed E-state index contributed by atoms with van der Waals surface area (Å²) >= 11 is 0. The Labute approximate surface area is 100 Å². The zero-order valence-corrected chi connectivity index (χ0v) is 10.9. The van der Waals surface area contributed by atoms with Crippen LogP contribution in [-0.2, 0) is 0 Å². The first-order valence-electron chi connectivity index (χ1n) is 6.97. The van der Waals surface area contributed by atoms with E-state index in [1.54, 1.807) is 0 Å². The Morgan fingerprint density at radius 1 is 1.12 bits per heavy atom. The van der Waals surface area contributed by atoms with Crippen LogP contribution in [-0.4, -0.2) is 61.7 Å². The zero-order chi connectivity index (χ0) is 11.4. The van der Waals surface area contributed by atoms with Gasteiger partial charge >= 0.3 is 0 Å². The number of likely N-dealkylation sites (N-methyl/N-ethyl adjacent to an activating group) is 1. The minimum Gasteiger partial charge on any atom is -0.316 e. The van der Waals surface area contributed by atoms with Gasteiger partial charge in [-0.2, -0.15) is 0 Å². The molecule has 0 saturated carbocycles. The van der Waals surface area contributed by atoms with Crippen molar-refractivity contribution in [2.45, 2.75) is 44.7 Å². The fourth-order valence-corrected chi connectivity index (χ4v) is 3.17. The lowest BCUT2D eigenvalue weighted by molar-refractivity contribution is 0.212. The molecule has 16 heavy (non-hydrogen) atoms. The van der Waals surface area contributed by atoms with Crippen LogP contribution in [0.2, 0.25) is 0 Å². The van der Waals surface area contributed by atoms with Gasteiger partial charge in [-0.1, -0.05) is 6.92 Å². The van der Waals surface area contributed by atoms with E-state index in [-0.39, 0.29) is 0 Å². The van der Waals surface area contributed by atoms with Crippen LogP contribution in [0.1, 0.15) is 32.6 Å². The van der Waals surface area contributed by atoms with Gasteiger partial charge in [-0.25, -0.2) is 0 Å². The summed E-state index contributed by atoms with van der Waals surface area (Å²) in [6.07, 6.45) is 5.51. The van der Waals surface area contributed by atoms with E-state index in [0.717, 1.165) is 12.1 Å². The molecular weight excluding hydrogens is 198 g/mol. The molecule has 2 aliphatic rings. The molecule has 3 heteroatoms. The number of hydrogen-bond acceptors (Lipinski definition) is 3. The predicted octanol–water partition coefficient (Wildman–Crippen LogP) is 1.15. The third-order valence-corrected chi connectivity index (χ3v) is 4.38. The van der Waals surface area contributed by atoms with E-state index in [2.05, 4.69) is 29.1 Å². The summed E-state index contributed by atoms with van der Waals surface area (Å²) in [6.45, 7) is 8.72. The van der Waals surface area contributed by atoms with Gasteiger partial charge in [-0.3, -0.25) is 4.90 Å². The molecule has 94 valence electrons. The quantitative estimate of drug-likeness (QED) is 0.777. The van der Waals surface area contributed by atoms with Crippen LogP contribution in [0, 0.1) is 0 Å². The van der Waals surface area contributed by atoms with Crippen molar-refractivity contribution >= 4 is 0 Å². The topological polar surface area (TPSA) is 18.5 Å². The predicted molar refractivity (Wildman–Crippen MR) is 68.8 cm³/mol. The van der Waals surface area contributed by atoms with Gasteiger partial charge < -0.3 is 10.2 Å². The van der Waals surface area contributed by atoms with Crippen molar-refractivity contribution in [1.29, 1.82) is 0 Å². The summed E-state index contributed by atoms with van der Waals surface area (Å²) in [5.41, 5.74) is 0. The van der Waals surface area contributed by atoms with Gasteiger partial charge in [0.1, 0.15) is 0 Å². The van der Waals surface area contributed by atoms with E-state index in [9.17, 15) is 0 Å². The maximum absolute atomic E-state index is 3.42. The fraction of sp³-hybridized carbons (Fsp3) is 1.00. The van der Waals surface area contributed by atoms with Crippen molar-refractivity contribution in [3.8, 4) is 0 Å². The molecule has 2 heterocycles. The number of nitrogens with one attached hydrogen (secondary N) is 1. The molecule has 0 aromatic rings. The van der Waals surface area contributed by atoms with Crippen molar-refractivity contribution in [1.82, 2.24) is 15.1 Å². The van der Waals surface area contributed by atoms with E-state index in [1.165, 1.54) is 58.4 Å². The monoisotopic (exact) mass is 225 g/mol. The number of nitrogens with zero attached hydrogens (tertiary/aromatic N) is 2. The van der Waals surface area contributed by atoms with Crippen LogP contribution < -0.4 is 5.32 Å². The molecule has 1 N–H and O–H groups in total. The largest absolute Gasteiger partial charge is 0.316 e. The highest BCUT2D eigenvalue weighted by Crippen LogP contribution is 2.21. The second-order valence-electron chi connectivity index (χ2n) is 5.29. The molecule has 0 radical (unpaired) electrons. The van der Waals surface area contributed by atoms with Crippen molar-refractivity contribution in [3.05, 3.63) is 0 Å². The molecule has 0 spiro atoms. The summed E-state index contributed by atoms with van der Waals surface area (Å²) in [4.78, 5) is 5.33. The molecule has 0 aromatic heterocycles.